The van der Waals surface area contributed by atoms with E-state index < -0.39 is 11.9 Å². The second kappa shape index (κ2) is 7.46. The molecule has 2 N–H and O–H groups in total. The molecule has 0 unspecified atom stereocenters. The minimum Gasteiger partial charge on any atom is -0.477 e. The molecule has 2 aromatic heterocycles. The van der Waals surface area contributed by atoms with Crippen molar-refractivity contribution < 1.29 is 19.8 Å². The maximum Gasteiger partial charge on any atom is 0.354 e. The van der Waals surface area contributed by atoms with Crippen molar-refractivity contribution in [2.45, 2.75) is 20.0 Å². The SMILES string of the molecule is CCN(Cc1cccc(C(=O)O)n1)Cc1cccc(C(=O)O)n1. The number of nitrogens with zero attached hydrogens (tertiary/aromatic N) is 3. The van der Waals surface area contributed by atoms with Gasteiger partial charge in [0.2, 0.25) is 0 Å². The van der Waals surface area contributed by atoms with E-state index in [4.69, 9.17) is 10.2 Å². The lowest BCUT2D eigenvalue weighted by molar-refractivity contribution is 0.0679. The number of carboxylic acids is 2. The molecule has 0 saturated heterocycles. The molecule has 120 valence electrons. The van der Waals surface area contributed by atoms with E-state index in [-0.39, 0.29) is 11.4 Å². The average Bonchev–Trinajstić information content (AvgIpc) is 2.54. The number of hydrogen-bond acceptors (Lipinski definition) is 5. The van der Waals surface area contributed by atoms with Crippen LogP contribution in [0.1, 0.15) is 39.3 Å². The molecule has 2 aromatic rings. The second-order valence-electron chi connectivity index (χ2n) is 4.94. The Bertz CT molecular complexity index is 658. The second-order valence-corrected chi connectivity index (χ2v) is 4.94. The molecule has 7 nitrogen and oxygen atoms in total. The highest BCUT2D eigenvalue weighted by atomic mass is 16.4. The molecule has 0 aliphatic carbocycles. The lowest BCUT2D eigenvalue weighted by atomic mass is 10.2. The van der Waals surface area contributed by atoms with Crippen LogP contribution in [-0.2, 0) is 13.1 Å². The van der Waals surface area contributed by atoms with E-state index in [1.54, 1.807) is 24.3 Å². The van der Waals surface area contributed by atoms with Crippen molar-refractivity contribution in [1.82, 2.24) is 14.9 Å². The number of hydrogen-bond donors (Lipinski definition) is 2. The zero-order valence-electron chi connectivity index (χ0n) is 12.6. The van der Waals surface area contributed by atoms with Crippen LogP contribution in [0.5, 0.6) is 0 Å². The molecule has 0 spiro atoms. The summed E-state index contributed by atoms with van der Waals surface area (Å²) in [5.74, 6) is -2.13. The predicted molar refractivity (Wildman–Crippen MR) is 82.2 cm³/mol. The minimum atomic E-state index is -1.06. The molecule has 7 heteroatoms. The maximum absolute atomic E-state index is 11.0. The van der Waals surface area contributed by atoms with E-state index in [1.807, 2.05) is 11.8 Å². The van der Waals surface area contributed by atoms with Gasteiger partial charge in [0.05, 0.1) is 11.4 Å². The van der Waals surface area contributed by atoms with Crippen molar-refractivity contribution in [3.8, 4) is 0 Å². The van der Waals surface area contributed by atoms with Crippen molar-refractivity contribution in [3.05, 3.63) is 59.2 Å². The first-order chi connectivity index (χ1) is 11.0. The zero-order valence-corrected chi connectivity index (χ0v) is 12.6. The molecule has 0 atom stereocenters. The average molecular weight is 315 g/mol. The normalized spacial score (nSPS) is 10.7. The number of aromatic nitrogens is 2. The molecule has 2 rings (SSSR count). The molecule has 0 fully saturated rings. The first kappa shape index (κ1) is 16.6. The third-order valence-electron chi connectivity index (χ3n) is 3.27. The molecule has 0 aliphatic heterocycles. The highest BCUT2D eigenvalue weighted by Gasteiger charge is 2.11. The number of pyridine rings is 2. The molecule has 0 aliphatic rings. The Balaban J connectivity index is 2.11. The van der Waals surface area contributed by atoms with E-state index >= 15 is 0 Å². The van der Waals surface area contributed by atoms with Gasteiger partial charge in [0.25, 0.3) is 0 Å². The first-order valence-corrected chi connectivity index (χ1v) is 7.10. The monoisotopic (exact) mass is 315 g/mol. The summed E-state index contributed by atoms with van der Waals surface area (Å²) in [5.41, 5.74) is 1.29. The molecule has 0 bridgehead atoms. The smallest absolute Gasteiger partial charge is 0.354 e. The van der Waals surface area contributed by atoms with Crippen LogP contribution in [0.15, 0.2) is 36.4 Å². The van der Waals surface area contributed by atoms with E-state index in [0.29, 0.717) is 31.0 Å². The number of carbonyl (C=O) groups is 2. The summed E-state index contributed by atoms with van der Waals surface area (Å²) in [5, 5.41) is 18.0. The summed E-state index contributed by atoms with van der Waals surface area (Å²) < 4.78 is 0. The van der Waals surface area contributed by atoms with E-state index in [2.05, 4.69) is 9.97 Å². The fraction of sp³-hybridized carbons (Fsp3) is 0.250. The van der Waals surface area contributed by atoms with Crippen LogP contribution in [-0.4, -0.2) is 43.6 Å². The van der Waals surface area contributed by atoms with Gasteiger partial charge < -0.3 is 10.2 Å². The summed E-state index contributed by atoms with van der Waals surface area (Å²) in [6.07, 6.45) is 0. The molecule has 23 heavy (non-hydrogen) atoms. The Morgan fingerprint density at radius 3 is 1.70 bits per heavy atom. The minimum absolute atomic E-state index is 0.00422. The van der Waals surface area contributed by atoms with Gasteiger partial charge in [-0.15, -0.1) is 0 Å². The Morgan fingerprint density at radius 2 is 1.35 bits per heavy atom. The van der Waals surface area contributed by atoms with Gasteiger partial charge >= 0.3 is 11.9 Å². The Morgan fingerprint density at radius 1 is 0.913 bits per heavy atom. The van der Waals surface area contributed by atoms with Crippen molar-refractivity contribution in [1.29, 1.82) is 0 Å². The summed E-state index contributed by atoms with van der Waals surface area (Å²) in [6.45, 7) is 3.56. The Labute approximate surface area is 133 Å². The molecule has 2 heterocycles. The van der Waals surface area contributed by atoms with Crippen molar-refractivity contribution in [3.63, 3.8) is 0 Å². The van der Waals surface area contributed by atoms with Crippen LogP contribution < -0.4 is 0 Å². The molecular weight excluding hydrogens is 298 g/mol. The van der Waals surface area contributed by atoms with E-state index in [1.165, 1.54) is 12.1 Å². The van der Waals surface area contributed by atoms with Gasteiger partial charge in [0, 0.05) is 13.1 Å². The molecule has 0 saturated carbocycles. The molecule has 0 amide bonds. The fourth-order valence-electron chi connectivity index (χ4n) is 2.11. The first-order valence-electron chi connectivity index (χ1n) is 7.10. The lowest BCUT2D eigenvalue weighted by Crippen LogP contribution is -2.24. The third kappa shape index (κ3) is 4.58. The maximum atomic E-state index is 11.0. The highest BCUT2D eigenvalue weighted by molar-refractivity contribution is 5.85. The van der Waals surface area contributed by atoms with Gasteiger partial charge in [-0.1, -0.05) is 19.1 Å². The highest BCUT2D eigenvalue weighted by Crippen LogP contribution is 2.09. The van der Waals surface area contributed by atoms with Crippen LogP contribution in [0.4, 0.5) is 0 Å². The fourth-order valence-corrected chi connectivity index (χ4v) is 2.11. The van der Waals surface area contributed by atoms with Crippen molar-refractivity contribution in [2.75, 3.05) is 6.54 Å². The van der Waals surface area contributed by atoms with E-state index in [0.717, 1.165) is 0 Å². The molecule has 0 aromatic carbocycles. The summed E-state index contributed by atoms with van der Waals surface area (Å²) in [4.78, 5) is 32.1. The predicted octanol–water partition coefficient (Wildman–Crippen LogP) is 1.90. The Hall–Kier alpha value is -2.80. The van der Waals surface area contributed by atoms with Crippen LogP contribution >= 0.6 is 0 Å². The number of aromatic carboxylic acids is 2. The number of rotatable bonds is 7. The van der Waals surface area contributed by atoms with Gasteiger partial charge in [0.15, 0.2) is 0 Å². The van der Waals surface area contributed by atoms with Gasteiger partial charge in [-0.25, -0.2) is 19.6 Å². The van der Waals surface area contributed by atoms with Gasteiger partial charge in [0.1, 0.15) is 11.4 Å². The van der Waals surface area contributed by atoms with Crippen LogP contribution in [0, 0.1) is 0 Å². The topological polar surface area (TPSA) is 104 Å². The van der Waals surface area contributed by atoms with Crippen molar-refractivity contribution in [2.24, 2.45) is 0 Å². The van der Waals surface area contributed by atoms with Crippen molar-refractivity contribution >= 4 is 11.9 Å². The largest absolute Gasteiger partial charge is 0.477 e. The van der Waals surface area contributed by atoms with E-state index in [9.17, 15) is 9.59 Å². The summed E-state index contributed by atoms with van der Waals surface area (Å²) in [6, 6.07) is 9.72. The standard InChI is InChI=1S/C16H17N3O4/c1-2-19(9-11-5-3-7-13(17-11)15(20)21)10-12-6-4-8-14(18-12)16(22)23/h3-8H,2,9-10H2,1H3,(H,20,21)(H,22,23). The van der Waals surface area contributed by atoms with Gasteiger partial charge in [-0.3, -0.25) is 4.90 Å². The quantitative estimate of drug-likeness (QED) is 0.804. The van der Waals surface area contributed by atoms with Crippen LogP contribution in [0.3, 0.4) is 0 Å². The van der Waals surface area contributed by atoms with Crippen LogP contribution in [0.25, 0.3) is 0 Å². The van der Waals surface area contributed by atoms with Gasteiger partial charge in [-0.05, 0) is 30.8 Å². The zero-order chi connectivity index (χ0) is 16.8. The van der Waals surface area contributed by atoms with Crippen LogP contribution in [0.2, 0.25) is 0 Å². The molecule has 0 radical (unpaired) electrons. The third-order valence-corrected chi connectivity index (χ3v) is 3.27. The lowest BCUT2D eigenvalue weighted by Gasteiger charge is -2.19. The summed E-state index contributed by atoms with van der Waals surface area (Å²) >= 11 is 0. The number of carboxylic acid groups (broad SMARTS) is 2. The van der Waals surface area contributed by atoms with Gasteiger partial charge in [-0.2, -0.15) is 0 Å². The molecular formula is C16H17N3O4. The summed E-state index contributed by atoms with van der Waals surface area (Å²) in [7, 11) is 0. The Kier molecular flexibility index (Phi) is 5.37.